The van der Waals surface area contributed by atoms with E-state index in [2.05, 4.69) is 7.05 Å². The van der Waals surface area contributed by atoms with Crippen molar-refractivity contribution < 1.29 is 0 Å². The Balaban J connectivity index is 3.03. The first-order valence-electron chi connectivity index (χ1n) is 1.93. The predicted molar refractivity (Wildman–Crippen MR) is 27.9 cm³/mol. The van der Waals surface area contributed by atoms with Crippen molar-refractivity contribution in [2.24, 2.45) is 0 Å². The lowest BCUT2D eigenvalue weighted by atomic mass is 10.7. The van der Waals surface area contributed by atoms with Crippen LogP contribution >= 0.6 is 0 Å². The van der Waals surface area contributed by atoms with E-state index >= 15 is 0 Å². The molecule has 35 valence electrons. The van der Waals surface area contributed by atoms with Gasteiger partial charge in [-0.15, -0.1) is 0 Å². The van der Waals surface area contributed by atoms with Crippen molar-refractivity contribution >= 4 is 0 Å². The first-order chi connectivity index (χ1) is 2.77. The molecule has 0 saturated carbocycles. The first-order valence-corrected chi connectivity index (χ1v) is 1.93. The fourth-order valence-electron chi connectivity index (χ4n) is 0.254. The summed E-state index contributed by atoms with van der Waals surface area (Å²) in [7, 11) is 5.46. The third kappa shape index (κ3) is 3.54. The van der Waals surface area contributed by atoms with Gasteiger partial charge >= 0.3 is 0 Å². The van der Waals surface area contributed by atoms with Crippen LogP contribution in [0.4, 0.5) is 0 Å². The molecule has 0 spiro atoms. The molecule has 6 heavy (non-hydrogen) atoms. The minimum Gasteiger partial charge on any atom is -0.379 e. The van der Waals surface area contributed by atoms with Gasteiger partial charge in [-0.1, -0.05) is 6.08 Å². The van der Waals surface area contributed by atoms with Crippen molar-refractivity contribution in [3.8, 4) is 0 Å². The van der Waals surface area contributed by atoms with Crippen LogP contribution < -0.4 is 0 Å². The Morgan fingerprint density at radius 3 is 2.17 bits per heavy atom. The van der Waals surface area contributed by atoms with Gasteiger partial charge in [0.15, 0.2) is 0 Å². The molecule has 0 bridgehead atoms. The van der Waals surface area contributed by atoms with Crippen molar-refractivity contribution in [2.45, 2.75) is 6.92 Å². The number of nitrogens with zero attached hydrogens (tertiary/aromatic N) is 1. The normalized spacial score (nSPS) is 9.83. The molecule has 1 nitrogen and oxygen atoms in total. The molecule has 0 atom stereocenters. The van der Waals surface area contributed by atoms with Crippen molar-refractivity contribution in [1.29, 1.82) is 0 Å². The van der Waals surface area contributed by atoms with E-state index in [-0.39, 0.29) is 0 Å². The predicted octanol–water partition coefficient (Wildman–Crippen LogP) is 1.24. The van der Waals surface area contributed by atoms with Gasteiger partial charge in [-0.3, -0.25) is 0 Å². The van der Waals surface area contributed by atoms with Gasteiger partial charge in [0.25, 0.3) is 0 Å². The largest absolute Gasteiger partial charge is 0.379 e. The van der Waals surface area contributed by atoms with E-state index < -0.39 is 0 Å². The van der Waals surface area contributed by atoms with Crippen LogP contribution in [-0.4, -0.2) is 11.9 Å². The van der Waals surface area contributed by atoms with Crippen LogP contribution in [0.2, 0.25) is 0 Å². The molecule has 1 heteroatoms. The van der Waals surface area contributed by atoms with E-state index in [4.69, 9.17) is 0 Å². The van der Waals surface area contributed by atoms with Gasteiger partial charge in [-0.2, -0.15) is 0 Å². The van der Waals surface area contributed by atoms with Crippen LogP contribution in [0.5, 0.6) is 0 Å². The van der Waals surface area contributed by atoms with Crippen molar-refractivity contribution in [3.05, 3.63) is 19.3 Å². The van der Waals surface area contributed by atoms with Crippen molar-refractivity contribution in [1.82, 2.24) is 4.90 Å². The Morgan fingerprint density at radius 2 is 2.17 bits per heavy atom. The van der Waals surface area contributed by atoms with Crippen LogP contribution in [0.3, 0.4) is 0 Å². The third-order valence-corrected chi connectivity index (χ3v) is 0.404. The maximum absolute atomic E-state index is 3.57. The zero-order chi connectivity index (χ0) is 4.99. The Labute approximate surface area is 39.3 Å². The molecule has 0 saturated heterocycles. The highest BCUT2D eigenvalue weighted by atomic mass is 15.0. The second kappa shape index (κ2) is 2.76. The highest BCUT2D eigenvalue weighted by Gasteiger charge is 1.66. The first kappa shape index (κ1) is 5.54. The number of rotatable bonds is 1. The number of hydrogen-bond donors (Lipinski definition) is 0. The quantitative estimate of drug-likeness (QED) is 0.462. The summed E-state index contributed by atoms with van der Waals surface area (Å²) in [5.74, 6) is 0. The molecular formula is C5H10N. The second-order valence-corrected chi connectivity index (χ2v) is 1.24. The van der Waals surface area contributed by atoms with Gasteiger partial charge in [-0.05, 0) is 13.1 Å². The monoisotopic (exact) mass is 84.1 g/mol. The summed E-state index contributed by atoms with van der Waals surface area (Å²) in [5, 5.41) is 0. The van der Waals surface area contributed by atoms with E-state index in [1.807, 2.05) is 26.2 Å². The molecule has 0 N–H and O–H groups in total. The Kier molecular flexibility index (Phi) is 2.55. The molecule has 0 aromatic carbocycles. The van der Waals surface area contributed by atoms with E-state index in [1.165, 1.54) is 0 Å². The van der Waals surface area contributed by atoms with Crippen LogP contribution in [0.1, 0.15) is 6.92 Å². The average Bonchev–Trinajstić information content (AvgIpc) is 1.35. The maximum Gasteiger partial charge on any atom is 0.0344 e. The summed E-state index contributed by atoms with van der Waals surface area (Å²) in [5.41, 5.74) is 0. The molecule has 0 aromatic rings. The van der Waals surface area contributed by atoms with Crippen molar-refractivity contribution in [2.75, 3.05) is 7.05 Å². The van der Waals surface area contributed by atoms with E-state index in [9.17, 15) is 0 Å². The smallest absolute Gasteiger partial charge is 0.0344 e. The fraction of sp³-hybridized carbons (Fsp3) is 0.400. The maximum atomic E-state index is 3.57. The standard InChI is InChI=1S/C5H10N/c1-4-5-6(2)3/h4-5H,2H2,1,3H3. The van der Waals surface area contributed by atoms with E-state index in [0.717, 1.165) is 0 Å². The number of hydrogen-bond acceptors (Lipinski definition) is 1. The SMILES string of the molecule is [CH2]N(C)C=CC. The Hall–Kier alpha value is -0.460. The minimum absolute atomic E-state index is 1.75. The molecular weight excluding hydrogens is 74.1 g/mol. The molecule has 0 unspecified atom stereocenters. The highest BCUT2D eigenvalue weighted by Crippen LogP contribution is 1.74. The number of allylic oxidation sites excluding steroid dienone is 1. The molecule has 0 rings (SSSR count). The van der Waals surface area contributed by atoms with Gasteiger partial charge in [0.1, 0.15) is 0 Å². The van der Waals surface area contributed by atoms with Crippen LogP contribution in [0.25, 0.3) is 0 Å². The molecule has 0 aliphatic carbocycles. The molecule has 0 heterocycles. The lowest BCUT2D eigenvalue weighted by Gasteiger charge is -1.99. The molecule has 0 fully saturated rings. The van der Waals surface area contributed by atoms with Crippen LogP contribution in [-0.2, 0) is 0 Å². The van der Waals surface area contributed by atoms with Crippen LogP contribution in [0, 0.1) is 7.05 Å². The van der Waals surface area contributed by atoms with Gasteiger partial charge < -0.3 is 4.90 Å². The third-order valence-electron chi connectivity index (χ3n) is 0.404. The van der Waals surface area contributed by atoms with Gasteiger partial charge in [0.05, 0.1) is 0 Å². The lowest BCUT2D eigenvalue weighted by Crippen LogP contribution is -1.94. The second-order valence-electron chi connectivity index (χ2n) is 1.24. The Bertz CT molecular complexity index is 45.9. The lowest BCUT2D eigenvalue weighted by molar-refractivity contribution is 0.618. The van der Waals surface area contributed by atoms with Gasteiger partial charge in [-0.25, -0.2) is 0 Å². The molecule has 0 aliphatic heterocycles. The van der Waals surface area contributed by atoms with E-state index in [0.29, 0.717) is 0 Å². The van der Waals surface area contributed by atoms with Crippen molar-refractivity contribution in [3.63, 3.8) is 0 Å². The van der Waals surface area contributed by atoms with Gasteiger partial charge in [0.2, 0.25) is 0 Å². The fourth-order valence-corrected chi connectivity index (χ4v) is 0.254. The average molecular weight is 84.1 g/mol. The molecule has 0 amide bonds. The highest BCUT2D eigenvalue weighted by molar-refractivity contribution is 4.74. The topological polar surface area (TPSA) is 3.24 Å². The van der Waals surface area contributed by atoms with Crippen LogP contribution in [0.15, 0.2) is 12.3 Å². The summed E-state index contributed by atoms with van der Waals surface area (Å²) < 4.78 is 0. The molecule has 0 aliphatic rings. The summed E-state index contributed by atoms with van der Waals surface area (Å²) in [6, 6.07) is 0. The summed E-state index contributed by atoms with van der Waals surface area (Å²) in [4.78, 5) is 1.75. The summed E-state index contributed by atoms with van der Waals surface area (Å²) in [6.07, 6.45) is 3.83. The van der Waals surface area contributed by atoms with E-state index in [1.54, 1.807) is 4.90 Å². The molecule has 0 aromatic heterocycles. The Morgan fingerprint density at radius 1 is 1.67 bits per heavy atom. The zero-order valence-electron chi connectivity index (χ0n) is 4.31. The zero-order valence-corrected chi connectivity index (χ0v) is 4.31. The minimum atomic E-state index is 1.75. The summed E-state index contributed by atoms with van der Waals surface area (Å²) >= 11 is 0. The molecule has 1 radical (unpaired) electrons. The van der Waals surface area contributed by atoms with Gasteiger partial charge in [0, 0.05) is 14.1 Å². The summed E-state index contributed by atoms with van der Waals surface area (Å²) in [6.45, 7) is 1.96.